The lowest BCUT2D eigenvalue weighted by atomic mass is 9.85. The second kappa shape index (κ2) is 24.1. The van der Waals surface area contributed by atoms with E-state index in [-0.39, 0.29) is 72.8 Å². The molecule has 18 heteroatoms. The summed E-state index contributed by atoms with van der Waals surface area (Å²) in [5.74, 6) is -3.41. The summed E-state index contributed by atoms with van der Waals surface area (Å²) in [5.41, 5.74) is 3.22. The first kappa shape index (κ1) is 57.1. The Morgan fingerprint density at radius 1 is 0.526 bits per heavy atom. The van der Waals surface area contributed by atoms with Crippen molar-refractivity contribution in [2.75, 3.05) is 27.2 Å². The number of carbonyl (C=O) groups excluding carboxylic acids is 8. The number of amides is 8. The molecule has 76 heavy (non-hydrogen) atoms. The molecule has 0 radical (unpaired) electrons. The van der Waals surface area contributed by atoms with Crippen LogP contribution in [0.4, 0.5) is 0 Å². The first-order valence-electron chi connectivity index (χ1n) is 27.0. The number of fused-ring (bicyclic) bond motifs is 2. The van der Waals surface area contributed by atoms with Crippen molar-refractivity contribution in [3.8, 4) is 0 Å². The van der Waals surface area contributed by atoms with Crippen LogP contribution in [-0.2, 0) is 41.6 Å². The number of carbonyl (C=O) groups is 8. The molecule has 2 aliphatic heterocycles. The Balaban J connectivity index is 1.09. The van der Waals surface area contributed by atoms with Crippen LogP contribution in [0.3, 0.4) is 0 Å². The number of hydrogen-bond acceptors (Lipinski definition) is 10. The van der Waals surface area contributed by atoms with Gasteiger partial charge in [-0.25, -0.2) is 0 Å². The fourth-order valence-electron chi connectivity index (χ4n) is 11.0. The van der Waals surface area contributed by atoms with E-state index >= 15 is 0 Å². The monoisotopic (exact) mass is 1040 g/mol. The molecule has 18 nitrogen and oxygen atoms in total. The molecule has 2 aliphatic carbocycles. The predicted octanol–water partition coefficient (Wildman–Crippen LogP) is 3.75. The smallest absolute Gasteiger partial charge is 0.251 e. The Morgan fingerprint density at radius 2 is 0.908 bits per heavy atom. The fraction of sp³-hybridized carbons (Fsp3) is 0.552. The zero-order valence-corrected chi connectivity index (χ0v) is 45.9. The highest BCUT2D eigenvalue weighted by atomic mass is 16.2. The van der Waals surface area contributed by atoms with Crippen LogP contribution in [0.5, 0.6) is 0 Å². The molecule has 4 aliphatic rings. The molecule has 0 spiro atoms. The summed E-state index contributed by atoms with van der Waals surface area (Å²) in [6.07, 6.45) is 5.23. The minimum Gasteiger partial charge on any atom is -0.347 e. The van der Waals surface area contributed by atoms with Gasteiger partial charge < -0.3 is 52.3 Å². The van der Waals surface area contributed by atoms with Crippen molar-refractivity contribution < 1.29 is 38.4 Å². The van der Waals surface area contributed by atoms with Crippen molar-refractivity contribution in [1.82, 2.24) is 52.3 Å². The van der Waals surface area contributed by atoms with Gasteiger partial charge in [0.2, 0.25) is 35.4 Å². The van der Waals surface area contributed by atoms with Crippen molar-refractivity contribution in [2.24, 2.45) is 10.8 Å². The third-order valence-corrected chi connectivity index (χ3v) is 15.7. The lowest BCUT2D eigenvalue weighted by Gasteiger charge is -2.36. The predicted molar refractivity (Wildman–Crippen MR) is 290 cm³/mol. The molecule has 410 valence electrons. The lowest BCUT2D eigenvalue weighted by Crippen LogP contribution is -2.59. The van der Waals surface area contributed by atoms with Crippen LogP contribution in [0.1, 0.15) is 149 Å². The maximum Gasteiger partial charge on any atom is 0.251 e. The van der Waals surface area contributed by atoms with Gasteiger partial charge in [0.05, 0.1) is 24.2 Å². The molecular formula is C58H80N10O8. The average Bonchev–Trinajstić information content (AvgIpc) is 4.03. The van der Waals surface area contributed by atoms with E-state index in [0.717, 1.165) is 60.8 Å². The summed E-state index contributed by atoms with van der Waals surface area (Å²) in [6.45, 7) is 14.4. The van der Waals surface area contributed by atoms with Crippen molar-refractivity contribution in [3.63, 3.8) is 0 Å². The summed E-state index contributed by atoms with van der Waals surface area (Å²) in [4.78, 5) is 116. The maximum atomic E-state index is 14.7. The summed E-state index contributed by atoms with van der Waals surface area (Å²) in [6, 6.07) is 15.2. The largest absolute Gasteiger partial charge is 0.347 e. The maximum absolute atomic E-state index is 14.7. The second-order valence-electron chi connectivity index (χ2n) is 23.3. The number of nitrogens with zero attached hydrogens (tertiary/aromatic N) is 2. The van der Waals surface area contributed by atoms with Gasteiger partial charge in [-0.2, -0.15) is 0 Å². The number of benzene rings is 3. The van der Waals surface area contributed by atoms with Gasteiger partial charge in [-0.05, 0) is 131 Å². The molecule has 1 unspecified atom stereocenters. The molecule has 10 atom stereocenters. The fourth-order valence-corrected chi connectivity index (χ4v) is 11.0. The number of rotatable bonds is 16. The summed E-state index contributed by atoms with van der Waals surface area (Å²) in [5, 5.41) is 24.1. The van der Waals surface area contributed by atoms with Gasteiger partial charge in [0, 0.05) is 36.3 Å². The summed E-state index contributed by atoms with van der Waals surface area (Å²) >= 11 is 0. The zero-order valence-electron chi connectivity index (χ0n) is 45.9. The molecule has 8 N–H and O–H groups in total. The van der Waals surface area contributed by atoms with Crippen molar-refractivity contribution >= 4 is 47.3 Å². The first-order valence-corrected chi connectivity index (χ1v) is 27.0. The molecule has 2 saturated heterocycles. The Kier molecular flexibility index (Phi) is 18.1. The Labute approximate surface area is 447 Å². The van der Waals surface area contributed by atoms with Crippen LogP contribution in [0, 0.1) is 10.8 Å². The van der Waals surface area contributed by atoms with E-state index in [9.17, 15) is 38.4 Å². The van der Waals surface area contributed by atoms with Crippen LogP contribution < -0.4 is 42.5 Å². The third-order valence-electron chi connectivity index (χ3n) is 15.7. The van der Waals surface area contributed by atoms with Gasteiger partial charge in [-0.1, -0.05) is 96.1 Å². The van der Waals surface area contributed by atoms with Crippen LogP contribution in [0.2, 0.25) is 0 Å². The van der Waals surface area contributed by atoms with E-state index in [4.69, 9.17) is 0 Å². The molecule has 8 amide bonds. The molecule has 7 rings (SSSR count). The van der Waals surface area contributed by atoms with Crippen LogP contribution in [0.25, 0.3) is 0 Å². The molecule has 2 heterocycles. The van der Waals surface area contributed by atoms with Crippen molar-refractivity contribution in [1.29, 1.82) is 0 Å². The zero-order chi connectivity index (χ0) is 55.2. The van der Waals surface area contributed by atoms with Crippen LogP contribution in [-0.4, -0.2) is 133 Å². The normalized spacial score (nSPS) is 22.9. The molecule has 0 saturated carbocycles. The minimum atomic E-state index is -0.997. The van der Waals surface area contributed by atoms with E-state index in [1.165, 1.54) is 15.9 Å². The standard InChI is InChI=1S/C58H80N10O8/c1-33(59-9)49(69)65-47(57(3,4)5)55(75)67-31-39(29-45(67)53(73)63-43-26-16-20-35-18-11-13-24-41(35)43)61-51(71)37-22-15-23-38(28-37)52(72)62-40-30-46(54(74)64-44-27-17-21-36-19-12-14-25-42(36)44)68(32-40)56(76)48(58(6,7)8)66-50(70)34(2)60-10/h11-15,18-19,22-25,28,33-34,39-40,43-48,59-60H,16-17,20-21,26-27,29-32H2,1-10H3,(H,61,71)(H,62,72)(H,63,73)(H,64,74)(H,65,69)(H,66,70)/t33-,34-,39-,40-,43+,44+,45-,46-,47+,48?/m0/s1. The summed E-state index contributed by atoms with van der Waals surface area (Å²) in [7, 11) is 3.31. The van der Waals surface area contributed by atoms with Gasteiger partial charge in [-0.15, -0.1) is 0 Å². The van der Waals surface area contributed by atoms with E-state index in [0.29, 0.717) is 0 Å². The second-order valence-corrected chi connectivity index (χ2v) is 23.3. The topological polar surface area (TPSA) is 239 Å². The minimum absolute atomic E-state index is 0.0126. The van der Waals surface area contributed by atoms with Gasteiger partial charge in [0.1, 0.15) is 24.2 Å². The third kappa shape index (κ3) is 13.3. The van der Waals surface area contributed by atoms with E-state index < -0.39 is 82.8 Å². The Hall–Kier alpha value is -6.66. The lowest BCUT2D eigenvalue weighted by molar-refractivity contribution is -0.144. The Bertz CT molecular complexity index is 2490. The molecule has 3 aromatic rings. The van der Waals surface area contributed by atoms with E-state index in [1.54, 1.807) is 46.1 Å². The Morgan fingerprint density at radius 3 is 1.28 bits per heavy atom. The van der Waals surface area contributed by atoms with Gasteiger partial charge in [0.15, 0.2) is 0 Å². The highest BCUT2D eigenvalue weighted by Gasteiger charge is 2.48. The van der Waals surface area contributed by atoms with Gasteiger partial charge in [-0.3, -0.25) is 38.4 Å². The molecular weight excluding hydrogens is 965 g/mol. The van der Waals surface area contributed by atoms with Crippen LogP contribution >= 0.6 is 0 Å². The molecule has 0 aromatic heterocycles. The number of likely N-dealkylation sites (N-methyl/N-ethyl adjacent to an activating group) is 2. The van der Waals surface area contributed by atoms with Crippen molar-refractivity contribution in [2.45, 2.75) is 167 Å². The molecule has 2 fully saturated rings. The quantitative estimate of drug-likeness (QED) is 0.103. The average molecular weight is 1050 g/mol. The van der Waals surface area contributed by atoms with Gasteiger partial charge in [0.25, 0.3) is 11.8 Å². The highest BCUT2D eigenvalue weighted by Crippen LogP contribution is 2.34. The highest BCUT2D eigenvalue weighted by molar-refractivity contribution is 6.01. The molecule has 0 bridgehead atoms. The van der Waals surface area contributed by atoms with E-state index in [2.05, 4.69) is 54.7 Å². The first-order chi connectivity index (χ1) is 36.0. The SMILES string of the molecule is CN[C@@H](C)C(=O)NC(C(=O)N1C[C@@H](NC(=O)c2cccc(C(=O)N[C@H]3C[C@@H](C(=O)N[C@@H]4CCCc5ccccc54)N(C(=O)[C@@H](NC(=O)[C@H](C)NC)C(C)(C)C)C3)c2)C[C@H]1C(=O)N[C@@H]1CCCc2ccccc21)C(C)(C)C. The van der Waals surface area contributed by atoms with E-state index in [1.807, 2.05) is 77.9 Å². The van der Waals surface area contributed by atoms with Crippen molar-refractivity contribution in [3.05, 3.63) is 106 Å². The number of hydrogen-bond donors (Lipinski definition) is 8. The van der Waals surface area contributed by atoms with Gasteiger partial charge >= 0.3 is 0 Å². The number of likely N-dealkylation sites (tertiary alicyclic amines) is 2. The van der Waals surface area contributed by atoms with Crippen LogP contribution in [0.15, 0.2) is 72.8 Å². The summed E-state index contributed by atoms with van der Waals surface area (Å²) < 4.78 is 0. The molecule has 3 aromatic carbocycles. The number of nitrogens with one attached hydrogen (secondary N) is 8. The number of aryl methyl sites for hydroxylation is 2.